The number of allylic oxidation sites excluding steroid dienone is 4. The van der Waals surface area contributed by atoms with Crippen LogP contribution in [0.15, 0.2) is 22.9 Å². The van der Waals surface area contributed by atoms with Gasteiger partial charge in [-0.25, -0.2) is 0 Å². The van der Waals surface area contributed by atoms with Gasteiger partial charge in [-0.05, 0) is 57.1 Å². The molecule has 0 bridgehead atoms. The summed E-state index contributed by atoms with van der Waals surface area (Å²) in [6.45, 7) is 9.54. The van der Waals surface area contributed by atoms with E-state index in [9.17, 15) is 0 Å². The lowest BCUT2D eigenvalue weighted by atomic mass is 9.84. The SMILES string of the molecule is [B]C(C)/C(=C\C(C(C)=N)=C(\C)CC)NCCCCN. The summed E-state index contributed by atoms with van der Waals surface area (Å²) in [4.78, 5) is 0. The van der Waals surface area contributed by atoms with Gasteiger partial charge >= 0.3 is 0 Å². The van der Waals surface area contributed by atoms with Crippen molar-refractivity contribution in [1.29, 1.82) is 5.41 Å². The van der Waals surface area contributed by atoms with E-state index >= 15 is 0 Å². The minimum atomic E-state index is -0.0584. The third-order valence-electron chi connectivity index (χ3n) is 3.14. The molecule has 4 heteroatoms. The highest BCUT2D eigenvalue weighted by Crippen LogP contribution is 2.17. The van der Waals surface area contributed by atoms with Crippen molar-refractivity contribution in [3.63, 3.8) is 0 Å². The molecule has 1 unspecified atom stereocenters. The first-order valence-corrected chi connectivity index (χ1v) is 7.10. The van der Waals surface area contributed by atoms with Crippen molar-refractivity contribution in [3.05, 3.63) is 22.9 Å². The Kier molecular flexibility index (Phi) is 9.32. The lowest BCUT2D eigenvalue weighted by Gasteiger charge is -2.17. The first-order chi connectivity index (χ1) is 8.93. The number of hydrogen-bond acceptors (Lipinski definition) is 3. The molecule has 1 atom stereocenters. The summed E-state index contributed by atoms with van der Waals surface area (Å²) in [5.41, 5.74) is 9.26. The average molecular weight is 261 g/mol. The van der Waals surface area contributed by atoms with Crippen LogP contribution >= 0.6 is 0 Å². The highest BCUT2D eigenvalue weighted by molar-refractivity contribution is 6.13. The molecule has 0 aliphatic rings. The van der Waals surface area contributed by atoms with Gasteiger partial charge in [-0.15, -0.1) is 0 Å². The highest BCUT2D eigenvalue weighted by atomic mass is 14.9. The van der Waals surface area contributed by atoms with Crippen molar-refractivity contribution in [2.24, 2.45) is 5.73 Å². The smallest absolute Gasteiger partial charge is 0.0779 e. The van der Waals surface area contributed by atoms with Crippen molar-refractivity contribution in [2.75, 3.05) is 13.1 Å². The molecule has 106 valence electrons. The first-order valence-electron chi connectivity index (χ1n) is 7.10. The van der Waals surface area contributed by atoms with Crippen molar-refractivity contribution in [3.8, 4) is 0 Å². The Hall–Kier alpha value is -1.03. The van der Waals surface area contributed by atoms with Gasteiger partial charge in [-0.3, -0.25) is 0 Å². The Bertz CT molecular complexity index is 343. The molecule has 0 aliphatic carbocycles. The molecule has 19 heavy (non-hydrogen) atoms. The topological polar surface area (TPSA) is 61.9 Å². The molecule has 0 rings (SSSR count). The van der Waals surface area contributed by atoms with Crippen LogP contribution in [0.1, 0.15) is 47.0 Å². The lowest BCUT2D eigenvalue weighted by molar-refractivity contribution is 0.672. The molecule has 0 aromatic rings. The standard InChI is InChI=1S/C15H28BN3/c1-5-11(2)14(13(4)18)10-15(12(3)16)19-9-7-6-8-17/h10,12,18-19H,5-9,17H2,1-4H3/b14-11+,15-10+,18-13?. The zero-order chi connectivity index (χ0) is 14.8. The van der Waals surface area contributed by atoms with Gasteiger partial charge in [0.1, 0.15) is 0 Å². The second-order valence-electron chi connectivity index (χ2n) is 4.98. The maximum atomic E-state index is 7.88. The van der Waals surface area contributed by atoms with E-state index in [2.05, 4.69) is 19.2 Å². The number of rotatable bonds is 9. The molecule has 0 amide bonds. The number of nitrogens with two attached hydrogens (primary N) is 1. The third kappa shape index (κ3) is 7.21. The average Bonchev–Trinajstić information content (AvgIpc) is 2.36. The summed E-state index contributed by atoms with van der Waals surface area (Å²) in [5.74, 6) is -0.0584. The fraction of sp³-hybridized carbons (Fsp3) is 0.667. The van der Waals surface area contributed by atoms with E-state index in [0.29, 0.717) is 5.71 Å². The van der Waals surface area contributed by atoms with Crippen LogP contribution in [-0.2, 0) is 0 Å². The Morgan fingerprint density at radius 1 is 1.37 bits per heavy atom. The summed E-state index contributed by atoms with van der Waals surface area (Å²) >= 11 is 0. The van der Waals surface area contributed by atoms with Gasteiger partial charge in [0.2, 0.25) is 0 Å². The van der Waals surface area contributed by atoms with Crippen LogP contribution in [-0.4, -0.2) is 26.6 Å². The maximum absolute atomic E-state index is 7.88. The Morgan fingerprint density at radius 3 is 2.42 bits per heavy atom. The van der Waals surface area contributed by atoms with E-state index < -0.39 is 0 Å². The van der Waals surface area contributed by atoms with Crippen LogP contribution in [0, 0.1) is 5.41 Å². The first kappa shape index (κ1) is 18.0. The van der Waals surface area contributed by atoms with Crippen LogP contribution in [0.3, 0.4) is 0 Å². The molecule has 0 aromatic heterocycles. The molecule has 0 spiro atoms. The molecule has 4 N–H and O–H groups in total. The van der Waals surface area contributed by atoms with E-state index in [-0.39, 0.29) is 5.82 Å². The van der Waals surface area contributed by atoms with Crippen LogP contribution in [0.25, 0.3) is 0 Å². The summed E-state index contributed by atoms with van der Waals surface area (Å²) in [7, 11) is 5.99. The predicted molar refractivity (Wildman–Crippen MR) is 85.9 cm³/mol. The Balaban J connectivity index is 4.93. The van der Waals surface area contributed by atoms with E-state index in [1.165, 1.54) is 5.57 Å². The second kappa shape index (κ2) is 9.85. The van der Waals surface area contributed by atoms with Crippen molar-refractivity contribution in [2.45, 2.75) is 52.8 Å². The number of hydrogen-bond donors (Lipinski definition) is 3. The Labute approximate surface area is 119 Å². The predicted octanol–water partition coefficient (Wildman–Crippen LogP) is 2.94. The third-order valence-corrected chi connectivity index (χ3v) is 3.14. The van der Waals surface area contributed by atoms with Crippen LogP contribution in [0.2, 0.25) is 5.82 Å². The van der Waals surface area contributed by atoms with Gasteiger partial charge in [-0.1, -0.05) is 19.4 Å². The fourth-order valence-electron chi connectivity index (χ4n) is 1.74. The monoisotopic (exact) mass is 261 g/mol. The molecular weight excluding hydrogens is 233 g/mol. The van der Waals surface area contributed by atoms with Crippen LogP contribution < -0.4 is 11.1 Å². The van der Waals surface area contributed by atoms with Crippen molar-refractivity contribution >= 4 is 13.6 Å². The van der Waals surface area contributed by atoms with Gasteiger partial charge in [0.15, 0.2) is 0 Å². The van der Waals surface area contributed by atoms with Crippen LogP contribution in [0.4, 0.5) is 0 Å². The molecule has 3 nitrogen and oxygen atoms in total. The lowest BCUT2D eigenvalue weighted by Crippen LogP contribution is -2.19. The molecule has 0 fully saturated rings. The minimum Gasteiger partial charge on any atom is -0.389 e. The van der Waals surface area contributed by atoms with E-state index in [1.807, 2.05) is 19.9 Å². The van der Waals surface area contributed by atoms with Gasteiger partial charge in [0, 0.05) is 18.0 Å². The molecule has 0 heterocycles. The molecule has 2 radical (unpaired) electrons. The summed E-state index contributed by atoms with van der Waals surface area (Å²) in [6, 6.07) is 0. The second-order valence-corrected chi connectivity index (χ2v) is 4.98. The summed E-state index contributed by atoms with van der Waals surface area (Å²) in [6.07, 6.45) is 5.02. The molecular formula is C15H28BN3. The zero-order valence-corrected chi connectivity index (χ0v) is 12.8. The molecule has 0 saturated carbocycles. The van der Waals surface area contributed by atoms with Gasteiger partial charge in [0.05, 0.1) is 7.85 Å². The molecule has 0 aliphatic heterocycles. The highest BCUT2D eigenvalue weighted by Gasteiger charge is 2.07. The molecule has 0 aromatic carbocycles. The Morgan fingerprint density at radius 2 is 2.00 bits per heavy atom. The van der Waals surface area contributed by atoms with Crippen LogP contribution in [0.5, 0.6) is 0 Å². The largest absolute Gasteiger partial charge is 0.389 e. The number of nitrogens with one attached hydrogen (secondary N) is 2. The van der Waals surface area contributed by atoms with Crippen molar-refractivity contribution in [1.82, 2.24) is 5.32 Å². The summed E-state index contributed by atoms with van der Waals surface area (Å²) < 4.78 is 0. The molecule has 0 saturated heterocycles. The van der Waals surface area contributed by atoms with Gasteiger partial charge < -0.3 is 16.5 Å². The maximum Gasteiger partial charge on any atom is 0.0779 e. The minimum absolute atomic E-state index is 0.0584. The zero-order valence-electron chi connectivity index (χ0n) is 12.8. The van der Waals surface area contributed by atoms with E-state index in [4.69, 9.17) is 19.0 Å². The van der Waals surface area contributed by atoms with Gasteiger partial charge in [0.25, 0.3) is 0 Å². The normalized spacial score (nSPS) is 14.9. The summed E-state index contributed by atoms with van der Waals surface area (Å²) in [5, 5.41) is 11.2. The van der Waals surface area contributed by atoms with Gasteiger partial charge in [-0.2, -0.15) is 0 Å². The van der Waals surface area contributed by atoms with Crippen molar-refractivity contribution < 1.29 is 0 Å². The van der Waals surface area contributed by atoms with E-state index in [1.54, 1.807) is 0 Å². The van der Waals surface area contributed by atoms with E-state index in [0.717, 1.165) is 43.6 Å². The number of unbranched alkanes of at least 4 members (excludes halogenated alkanes) is 1. The quantitative estimate of drug-likeness (QED) is 0.258. The fourth-order valence-corrected chi connectivity index (χ4v) is 1.74.